The van der Waals surface area contributed by atoms with Gasteiger partial charge in [-0.3, -0.25) is 0 Å². The first-order valence-corrected chi connectivity index (χ1v) is 7.40. The van der Waals surface area contributed by atoms with E-state index in [9.17, 15) is 0 Å². The molecule has 0 N–H and O–H groups in total. The minimum atomic E-state index is 0.646. The van der Waals surface area contributed by atoms with Gasteiger partial charge in [0.05, 0.1) is 0 Å². The lowest BCUT2D eigenvalue weighted by molar-refractivity contribution is 0.199. The summed E-state index contributed by atoms with van der Waals surface area (Å²) >= 11 is 0. The molecule has 0 amide bonds. The summed E-state index contributed by atoms with van der Waals surface area (Å²) in [5.41, 5.74) is 0. The van der Waals surface area contributed by atoms with Gasteiger partial charge in [-0.15, -0.1) is 0 Å². The number of rotatable bonds is 4. The molecule has 20 heavy (non-hydrogen) atoms. The molecule has 0 aromatic carbocycles. The number of nitrogens with zero attached hydrogens (tertiary/aromatic N) is 5. The fourth-order valence-electron chi connectivity index (χ4n) is 2.88. The summed E-state index contributed by atoms with van der Waals surface area (Å²) in [5.74, 6) is 2.76. The van der Waals surface area contributed by atoms with E-state index in [1.165, 1.54) is 12.8 Å². The molecule has 0 bridgehead atoms. The molecule has 1 fully saturated rings. The maximum Gasteiger partial charge on any atom is 0.171 e. The molecular weight excluding hydrogens is 250 g/mol. The average molecular weight is 277 g/mol. The molecule has 0 aliphatic carbocycles. The largest absolute Gasteiger partial charge is 0.360 e. The molecule has 1 aliphatic heterocycles. The molecule has 1 aromatic heterocycles. The Hall–Kier alpha value is -1.36. The number of hydrogen-bond donors (Lipinski definition) is 0. The van der Waals surface area contributed by atoms with Gasteiger partial charge in [-0.25, -0.2) is 9.97 Å². The van der Waals surface area contributed by atoms with Gasteiger partial charge in [0, 0.05) is 45.6 Å². The lowest BCUT2D eigenvalue weighted by Gasteiger charge is -2.38. The third-order valence-corrected chi connectivity index (χ3v) is 4.42. The third-order valence-electron chi connectivity index (χ3n) is 4.42. The minimum absolute atomic E-state index is 0.646. The molecule has 1 atom stereocenters. The Balaban J connectivity index is 2.04. The van der Waals surface area contributed by atoms with Crippen LogP contribution in [0.15, 0.2) is 12.4 Å². The zero-order valence-corrected chi connectivity index (χ0v) is 13.4. The van der Waals surface area contributed by atoms with Crippen molar-refractivity contribution < 1.29 is 0 Å². The van der Waals surface area contributed by atoms with Crippen LogP contribution in [0.5, 0.6) is 0 Å². The first kappa shape index (κ1) is 15.0. The fourth-order valence-corrected chi connectivity index (χ4v) is 2.88. The Morgan fingerprint density at radius 3 is 2.25 bits per heavy atom. The van der Waals surface area contributed by atoms with Gasteiger partial charge in [0.1, 0.15) is 0 Å². The van der Waals surface area contributed by atoms with Gasteiger partial charge >= 0.3 is 0 Å². The van der Waals surface area contributed by atoms with Gasteiger partial charge in [-0.1, -0.05) is 0 Å². The Morgan fingerprint density at radius 2 is 1.70 bits per heavy atom. The van der Waals surface area contributed by atoms with Crippen molar-refractivity contribution in [3.8, 4) is 0 Å². The van der Waals surface area contributed by atoms with Crippen molar-refractivity contribution in [2.24, 2.45) is 5.92 Å². The molecule has 1 aliphatic rings. The number of aromatic nitrogens is 2. The van der Waals surface area contributed by atoms with Crippen LogP contribution in [0, 0.1) is 5.92 Å². The summed E-state index contributed by atoms with van der Waals surface area (Å²) in [5, 5.41) is 0. The van der Waals surface area contributed by atoms with Gasteiger partial charge in [0.15, 0.2) is 11.6 Å². The second-order valence-electron chi connectivity index (χ2n) is 6.13. The first-order valence-electron chi connectivity index (χ1n) is 7.40. The molecule has 1 aromatic rings. The molecule has 2 heterocycles. The van der Waals surface area contributed by atoms with E-state index in [1.54, 1.807) is 12.4 Å². The second-order valence-corrected chi connectivity index (χ2v) is 6.13. The molecule has 5 heteroatoms. The highest BCUT2D eigenvalue weighted by molar-refractivity contribution is 5.61. The Bertz CT molecular complexity index is 424. The van der Waals surface area contributed by atoms with Crippen molar-refractivity contribution in [3.63, 3.8) is 0 Å². The van der Waals surface area contributed by atoms with Crippen LogP contribution in [0.3, 0.4) is 0 Å². The first-order chi connectivity index (χ1) is 9.50. The highest BCUT2D eigenvalue weighted by Crippen LogP contribution is 2.29. The smallest absolute Gasteiger partial charge is 0.171 e. The molecule has 0 spiro atoms. The highest BCUT2D eigenvalue weighted by Gasteiger charge is 2.27. The second kappa shape index (κ2) is 6.39. The predicted octanol–water partition coefficient (Wildman–Crippen LogP) is 1.71. The van der Waals surface area contributed by atoms with E-state index in [4.69, 9.17) is 0 Å². The lowest BCUT2D eigenvalue weighted by atomic mass is 9.90. The highest BCUT2D eigenvalue weighted by atomic mass is 15.3. The molecule has 0 radical (unpaired) electrons. The Kier molecular flexibility index (Phi) is 4.81. The Morgan fingerprint density at radius 1 is 1.10 bits per heavy atom. The summed E-state index contributed by atoms with van der Waals surface area (Å²) < 4.78 is 0. The monoisotopic (exact) mass is 277 g/mol. The minimum Gasteiger partial charge on any atom is -0.360 e. The molecule has 0 saturated carbocycles. The van der Waals surface area contributed by atoms with Gasteiger partial charge in [-0.2, -0.15) is 0 Å². The summed E-state index contributed by atoms with van der Waals surface area (Å²) in [6, 6.07) is 0.646. The molecule has 2 rings (SSSR count). The fraction of sp³-hybridized carbons (Fsp3) is 0.733. The molecule has 1 saturated heterocycles. The van der Waals surface area contributed by atoms with Gasteiger partial charge in [-0.05, 0) is 39.8 Å². The lowest BCUT2D eigenvalue weighted by Crippen LogP contribution is -2.42. The van der Waals surface area contributed by atoms with Crippen molar-refractivity contribution in [1.29, 1.82) is 0 Å². The number of anilines is 2. The van der Waals surface area contributed by atoms with Gasteiger partial charge in [0.2, 0.25) is 0 Å². The van der Waals surface area contributed by atoms with E-state index in [0.717, 1.165) is 30.6 Å². The standard InChI is InChI=1S/C15H27N5/c1-12(18(2)3)13-6-10-20(11-7-13)15-14(19(4)5)16-8-9-17-15/h8-9,12-13H,6-7,10-11H2,1-5H3/t12-/m1/s1. The normalized spacial score (nSPS) is 18.4. The zero-order valence-electron chi connectivity index (χ0n) is 13.4. The van der Waals surface area contributed by atoms with E-state index in [1.807, 2.05) is 19.0 Å². The van der Waals surface area contributed by atoms with Crippen LogP contribution in [0.25, 0.3) is 0 Å². The molecule has 112 valence electrons. The molecule has 0 unspecified atom stereocenters. The van der Waals surface area contributed by atoms with Crippen LogP contribution in [0.4, 0.5) is 11.6 Å². The van der Waals surface area contributed by atoms with Crippen molar-refractivity contribution in [3.05, 3.63) is 12.4 Å². The van der Waals surface area contributed by atoms with E-state index in [0.29, 0.717) is 6.04 Å². The summed E-state index contributed by atoms with van der Waals surface area (Å²) in [6.45, 7) is 4.47. The zero-order chi connectivity index (χ0) is 14.7. The van der Waals surface area contributed by atoms with Crippen LogP contribution in [0.1, 0.15) is 19.8 Å². The summed E-state index contributed by atoms with van der Waals surface area (Å²) in [6.07, 6.45) is 6.00. The van der Waals surface area contributed by atoms with Crippen molar-refractivity contribution in [2.75, 3.05) is 51.1 Å². The van der Waals surface area contributed by atoms with Crippen LogP contribution in [0.2, 0.25) is 0 Å². The van der Waals surface area contributed by atoms with Crippen molar-refractivity contribution in [2.45, 2.75) is 25.8 Å². The van der Waals surface area contributed by atoms with Crippen LogP contribution in [-0.2, 0) is 0 Å². The van der Waals surface area contributed by atoms with Crippen molar-refractivity contribution >= 4 is 11.6 Å². The topological polar surface area (TPSA) is 35.5 Å². The van der Waals surface area contributed by atoms with E-state index in [-0.39, 0.29) is 0 Å². The van der Waals surface area contributed by atoms with E-state index < -0.39 is 0 Å². The number of hydrogen-bond acceptors (Lipinski definition) is 5. The van der Waals surface area contributed by atoms with Crippen LogP contribution < -0.4 is 9.80 Å². The third kappa shape index (κ3) is 3.20. The maximum absolute atomic E-state index is 4.54. The van der Waals surface area contributed by atoms with Crippen molar-refractivity contribution in [1.82, 2.24) is 14.9 Å². The summed E-state index contributed by atoms with van der Waals surface area (Å²) in [7, 11) is 8.39. The predicted molar refractivity (Wildman–Crippen MR) is 84.4 cm³/mol. The van der Waals surface area contributed by atoms with Gasteiger partial charge < -0.3 is 14.7 Å². The molecule has 5 nitrogen and oxygen atoms in total. The van der Waals surface area contributed by atoms with E-state index >= 15 is 0 Å². The SMILES string of the molecule is C[C@H](C1CCN(c2nccnc2N(C)C)CC1)N(C)C. The van der Waals surface area contributed by atoms with E-state index in [2.05, 4.69) is 40.8 Å². The number of piperidine rings is 1. The Labute approximate surface area is 122 Å². The summed E-state index contributed by atoms with van der Waals surface area (Å²) in [4.78, 5) is 15.7. The van der Waals surface area contributed by atoms with Crippen LogP contribution in [-0.4, -0.2) is 62.2 Å². The van der Waals surface area contributed by atoms with Crippen LogP contribution >= 0.6 is 0 Å². The maximum atomic E-state index is 4.54. The van der Waals surface area contributed by atoms with Gasteiger partial charge in [0.25, 0.3) is 0 Å². The molecular formula is C15H27N5. The quantitative estimate of drug-likeness (QED) is 0.837. The average Bonchev–Trinajstić information content (AvgIpc) is 2.46.